The second kappa shape index (κ2) is 11.9. The molecule has 3 aromatic carbocycles. The van der Waals surface area contributed by atoms with Gasteiger partial charge in [-0.25, -0.2) is 18.0 Å². The molecule has 0 bridgehead atoms. The molecule has 0 heterocycles. The molecule has 6 nitrogen and oxygen atoms in total. The third-order valence-electron chi connectivity index (χ3n) is 5.10. The molecule has 1 amide bonds. The highest BCUT2D eigenvalue weighted by atomic mass is 32.2. The van der Waals surface area contributed by atoms with Gasteiger partial charge in [0.05, 0.1) is 11.5 Å². The van der Waals surface area contributed by atoms with Crippen LogP contribution in [0.1, 0.15) is 23.1 Å². The predicted octanol–water partition coefficient (Wildman–Crippen LogP) is 5.05. The minimum Gasteiger partial charge on any atom is -0.445 e. The first-order valence-corrected chi connectivity index (χ1v) is 12.1. The molecule has 0 saturated heterocycles. The van der Waals surface area contributed by atoms with Crippen LogP contribution in [-0.2, 0) is 32.1 Å². The molecule has 0 unspecified atom stereocenters. The second-order valence-electron chi connectivity index (χ2n) is 7.84. The summed E-state index contributed by atoms with van der Waals surface area (Å²) < 4.78 is 76.2. The van der Waals surface area contributed by atoms with Crippen molar-refractivity contribution in [2.45, 2.75) is 37.3 Å². The first-order chi connectivity index (χ1) is 16.6. The predicted molar refractivity (Wildman–Crippen MR) is 123 cm³/mol. The van der Waals surface area contributed by atoms with Gasteiger partial charge in [-0.3, -0.25) is 4.18 Å². The molecule has 0 saturated carbocycles. The van der Waals surface area contributed by atoms with Gasteiger partial charge in [-0.1, -0.05) is 48.0 Å². The van der Waals surface area contributed by atoms with Crippen molar-refractivity contribution in [1.29, 1.82) is 0 Å². The van der Waals surface area contributed by atoms with Crippen LogP contribution < -0.4 is 5.32 Å². The molecule has 186 valence electrons. The van der Waals surface area contributed by atoms with Crippen molar-refractivity contribution >= 4 is 16.2 Å². The maximum absolute atomic E-state index is 14.2. The summed E-state index contributed by atoms with van der Waals surface area (Å²) in [6, 6.07) is 15.1. The number of ether oxygens (including phenoxy) is 1. The smallest absolute Gasteiger partial charge is 0.407 e. The van der Waals surface area contributed by atoms with Crippen molar-refractivity contribution in [3.8, 4) is 0 Å². The van der Waals surface area contributed by atoms with Gasteiger partial charge in [0.1, 0.15) is 12.4 Å². The van der Waals surface area contributed by atoms with Crippen LogP contribution in [0.5, 0.6) is 0 Å². The van der Waals surface area contributed by atoms with Crippen LogP contribution in [0.2, 0.25) is 0 Å². The van der Waals surface area contributed by atoms with Crippen molar-refractivity contribution in [3.63, 3.8) is 0 Å². The zero-order valence-electron chi connectivity index (χ0n) is 18.8. The fourth-order valence-electron chi connectivity index (χ4n) is 3.22. The highest BCUT2D eigenvalue weighted by Gasteiger charge is 2.21. The molecule has 0 fully saturated rings. The van der Waals surface area contributed by atoms with Gasteiger partial charge in [0, 0.05) is 12.1 Å². The van der Waals surface area contributed by atoms with Crippen LogP contribution >= 0.6 is 0 Å². The average molecular weight is 508 g/mol. The minimum atomic E-state index is -4.07. The second-order valence-corrected chi connectivity index (χ2v) is 9.46. The van der Waals surface area contributed by atoms with Gasteiger partial charge in [0.15, 0.2) is 11.6 Å². The Morgan fingerprint density at radius 1 is 0.943 bits per heavy atom. The number of nitrogens with one attached hydrogen (secondary N) is 1. The van der Waals surface area contributed by atoms with Gasteiger partial charge >= 0.3 is 6.09 Å². The topological polar surface area (TPSA) is 81.7 Å². The van der Waals surface area contributed by atoms with Crippen molar-refractivity contribution in [2.24, 2.45) is 0 Å². The van der Waals surface area contributed by atoms with Crippen molar-refractivity contribution in [2.75, 3.05) is 6.61 Å². The number of carbonyl (C=O) groups is 1. The molecule has 10 heteroatoms. The largest absolute Gasteiger partial charge is 0.445 e. The Labute approximate surface area is 201 Å². The van der Waals surface area contributed by atoms with Crippen molar-refractivity contribution in [1.82, 2.24) is 5.32 Å². The monoisotopic (exact) mass is 507 g/mol. The SMILES string of the molecule is Cc1ccc(S(=O)(=O)OCC[C@@H](Cc2cc(F)c(F)cc2F)NC(=O)OCc2ccccc2)cc1. The fraction of sp³-hybridized carbons (Fsp3) is 0.240. The Hall–Kier alpha value is -3.37. The zero-order valence-corrected chi connectivity index (χ0v) is 19.7. The van der Waals surface area contributed by atoms with Gasteiger partial charge < -0.3 is 10.1 Å². The van der Waals surface area contributed by atoms with Crippen molar-refractivity contribution < 1.29 is 35.3 Å². The summed E-state index contributed by atoms with van der Waals surface area (Å²) in [6.07, 6.45) is -1.18. The molecule has 0 aromatic heterocycles. The summed E-state index contributed by atoms with van der Waals surface area (Å²) in [4.78, 5) is 12.3. The highest BCUT2D eigenvalue weighted by Crippen LogP contribution is 2.18. The quantitative estimate of drug-likeness (QED) is 0.307. The molecule has 1 atom stereocenters. The van der Waals surface area contributed by atoms with Gasteiger partial charge in [0.2, 0.25) is 0 Å². The van der Waals surface area contributed by atoms with Crippen LogP contribution in [0, 0.1) is 24.4 Å². The molecule has 1 N–H and O–H groups in total. The highest BCUT2D eigenvalue weighted by molar-refractivity contribution is 7.86. The van der Waals surface area contributed by atoms with Crippen LogP contribution in [0.3, 0.4) is 0 Å². The zero-order chi connectivity index (χ0) is 25.4. The number of halogens is 3. The van der Waals surface area contributed by atoms with E-state index in [0.717, 1.165) is 11.1 Å². The molecule has 3 rings (SSSR count). The molecule has 0 spiro atoms. The number of alkyl carbamates (subject to hydrolysis) is 1. The van der Waals surface area contributed by atoms with Gasteiger partial charge in [-0.2, -0.15) is 8.42 Å². The van der Waals surface area contributed by atoms with Gasteiger partial charge in [0.25, 0.3) is 10.1 Å². The van der Waals surface area contributed by atoms with E-state index in [1.807, 2.05) is 6.92 Å². The first kappa shape index (κ1) is 26.2. The van der Waals surface area contributed by atoms with Crippen molar-refractivity contribution in [3.05, 3.63) is 101 Å². The van der Waals surface area contributed by atoms with E-state index in [2.05, 4.69) is 5.32 Å². The number of hydrogen-bond acceptors (Lipinski definition) is 5. The Bertz CT molecular complexity index is 1250. The molecular formula is C25H24F3NO5S. The maximum Gasteiger partial charge on any atom is 0.407 e. The van der Waals surface area contributed by atoms with E-state index in [4.69, 9.17) is 8.92 Å². The lowest BCUT2D eigenvalue weighted by Gasteiger charge is -2.19. The third kappa shape index (κ3) is 7.83. The molecule has 35 heavy (non-hydrogen) atoms. The Balaban J connectivity index is 1.67. The first-order valence-electron chi connectivity index (χ1n) is 10.7. The molecule has 0 aliphatic rings. The average Bonchev–Trinajstić information content (AvgIpc) is 2.82. The summed E-state index contributed by atoms with van der Waals surface area (Å²) >= 11 is 0. The van der Waals surface area contributed by atoms with E-state index in [1.54, 1.807) is 42.5 Å². The molecule has 0 radical (unpaired) electrons. The van der Waals surface area contributed by atoms with E-state index < -0.39 is 39.7 Å². The summed E-state index contributed by atoms with van der Waals surface area (Å²) in [5.41, 5.74) is 1.41. The molecule has 0 aliphatic carbocycles. The molecule has 0 aliphatic heterocycles. The van der Waals surface area contributed by atoms with Crippen LogP contribution in [0.4, 0.5) is 18.0 Å². The van der Waals surface area contributed by atoms with E-state index in [0.29, 0.717) is 12.1 Å². The van der Waals surface area contributed by atoms with Crippen LogP contribution in [-0.4, -0.2) is 27.2 Å². The minimum absolute atomic E-state index is 0.0305. The summed E-state index contributed by atoms with van der Waals surface area (Å²) in [5.74, 6) is -3.59. The number of benzene rings is 3. The number of hydrogen-bond donors (Lipinski definition) is 1. The van der Waals surface area contributed by atoms with E-state index in [9.17, 15) is 26.4 Å². The van der Waals surface area contributed by atoms with Crippen LogP contribution in [0.15, 0.2) is 71.6 Å². The maximum atomic E-state index is 14.2. The normalized spacial score (nSPS) is 12.2. The van der Waals surface area contributed by atoms with E-state index >= 15 is 0 Å². The van der Waals surface area contributed by atoms with E-state index in [-0.39, 0.29) is 36.5 Å². The lowest BCUT2D eigenvalue weighted by molar-refractivity contribution is 0.134. The summed E-state index contributed by atoms with van der Waals surface area (Å²) in [6.45, 7) is 1.42. The Morgan fingerprint density at radius 2 is 1.60 bits per heavy atom. The lowest BCUT2D eigenvalue weighted by Crippen LogP contribution is -2.38. The number of carbonyl (C=O) groups excluding carboxylic acids is 1. The summed E-state index contributed by atoms with van der Waals surface area (Å²) in [5, 5.41) is 2.51. The lowest BCUT2D eigenvalue weighted by atomic mass is 10.0. The summed E-state index contributed by atoms with van der Waals surface area (Å²) in [7, 11) is -4.07. The molecular weight excluding hydrogens is 483 g/mol. The molecule has 3 aromatic rings. The number of rotatable bonds is 10. The Morgan fingerprint density at radius 3 is 2.29 bits per heavy atom. The number of amides is 1. The Kier molecular flexibility index (Phi) is 8.89. The number of aryl methyl sites for hydroxylation is 1. The van der Waals surface area contributed by atoms with Crippen LogP contribution in [0.25, 0.3) is 0 Å². The fourth-order valence-corrected chi connectivity index (χ4v) is 4.14. The standard InChI is InChI=1S/C25H24F3NO5S/c1-17-7-9-21(10-8-17)35(31,32)34-12-11-20(13-19-14-23(27)24(28)15-22(19)26)29-25(30)33-16-18-5-3-2-4-6-18/h2-10,14-15,20H,11-13,16H2,1H3,(H,29,30)/t20-/m0/s1. The van der Waals surface area contributed by atoms with E-state index in [1.165, 1.54) is 12.1 Å². The van der Waals surface area contributed by atoms with Gasteiger partial charge in [-0.05, 0) is 49.1 Å². The van der Waals surface area contributed by atoms with Gasteiger partial charge in [-0.15, -0.1) is 0 Å². The third-order valence-corrected chi connectivity index (χ3v) is 6.43.